The number of nitrogens with one attached hydrogen (secondary N) is 1. The summed E-state index contributed by atoms with van der Waals surface area (Å²) in [6.07, 6.45) is 5.91. The summed E-state index contributed by atoms with van der Waals surface area (Å²) in [4.78, 5) is 18.5. The summed E-state index contributed by atoms with van der Waals surface area (Å²) in [6.45, 7) is 5.06. The van der Waals surface area contributed by atoms with Crippen molar-refractivity contribution in [3.8, 4) is 0 Å². The number of nitrogens with zero attached hydrogens (tertiary/aromatic N) is 4. The molecule has 0 fully saturated rings. The average Bonchev–Trinajstić information content (AvgIpc) is 3.31. The molecule has 7 heteroatoms. The van der Waals surface area contributed by atoms with Gasteiger partial charge in [-0.2, -0.15) is 5.10 Å². The van der Waals surface area contributed by atoms with E-state index in [4.69, 9.17) is 4.42 Å². The van der Waals surface area contributed by atoms with Crippen LogP contribution >= 0.6 is 0 Å². The van der Waals surface area contributed by atoms with Crippen LogP contribution in [0.2, 0.25) is 0 Å². The molecule has 1 N–H and O–H groups in total. The van der Waals surface area contributed by atoms with Gasteiger partial charge in [-0.15, -0.1) is 0 Å². The van der Waals surface area contributed by atoms with Crippen LogP contribution in [0.25, 0.3) is 0 Å². The minimum Gasteiger partial charge on any atom is -0.465 e. The number of aromatic nitrogens is 3. The van der Waals surface area contributed by atoms with E-state index in [9.17, 15) is 4.79 Å². The SMILES string of the molecule is Cc1ccc(CN2Cc3ccnn3[C@H](CCNC(=O)c3ccncc3)C2)o1. The third-order valence-corrected chi connectivity index (χ3v) is 4.83. The van der Waals surface area contributed by atoms with E-state index in [-0.39, 0.29) is 11.9 Å². The predicted octanol–water partition coefficient (Wildman–Crippen LogP) is 2.56. The Balaban J connectivity index is 1.37. The molecule has 0 saturated carbocycles. The van der Waals surface area contributed by atoms with Crippen molar-refractivity contribution >= 4 is 5.91 Å². The summed E-state index contributed by atoms with van der Waals surface area (Å²) in [6, 6.07) is 9.74. The molecule has 3 aromatic heterocycles. The van der Waals surface area contributed by atoms with Gasteiger partial charge in [0.1, 0.15) is 11.5 Å². The Hall–Kier alpha value is -2.93. The zero-order valence-corrected chi connectivity index (χ0v) is 15.3. The van der Waals surface area contributed by atoms with Crippen LogP contribution in [0.1, 0.15) is 40.0 Å². The molecule has 0 spiro atoms. The number of carbonyl (C=O) groups is 1. The molecule has 1 aliphatic rings. The van der Waals surface area contributed by atoms with Crippen molar-refractivity contribution in [2.24, 2.45) is 0 Å². The molecule has 0 radical (unpaired) electrons. The maximum absolute atomic E-state index is 12.2. The molecule has 0 unspecified atom stereocenters. The molecule has 1 amide bonds. The quantitative estimate of drug-likeness (QED) is 0.726. The summed E-state index contributed by atoms with van der Waals surface area (Å²) >= 11 is 0. The smallest absolute Gasteiger partial charge is 0.251 e. The number of hydrogen-bond acceptors (Lipinski definition) is 5. The predicted molar refractivity (Wildman–Crippen MR) is 100 cm³/mol. The molecule has 0 bridgehead atoms. The van der Waals surface area contributed by atoms with Crippen LogP contribution in [0, 0.1) is 6.92 Å². The van der Waals surface area contributed by atoms with Gasteiger partial charge in [0.2, 0.25) is 0 Å². The summed E-state index contributed by atoms with van der Waals surface area (Å²) in [5.74, 6) is 1.84. The van der Waals surface area contributed by atoms with Crippen molar-refractivity contribution in [2.45, 2.75) is 32.5 Å². The second-order valence-electron chi connectivity index (χ2n) is 6.88. The monoisotopic (exact) mass is 365 g/mol. The van der Waals surface area contributed by atoms with Crippen LogP contribution in [-0.4, -0.2) is 38.7 Å². The lowest BCUT2D eigenvalue weighted by molar-refractivity contribution is 0.0946. The Morgan fingerprint density at radius 3 is 2.85 bits per heavy atom. The standard InChI is InChI=1S/C20H23N5O2/c1-15-2-3-19(27-15)14-24-12-17(25-18(13-24)7-11-23-25)6-10-22-20(26)16-4-8-21-9-5-16/h2-5,7-9,11,17H,6,10,12-14H2,1H3,(H,22,26)/t17-/m1/s1. The Bertz CT molecular complexity index is 902. The van der Waals surface area contributed by atoms with Crippen molar-refractivity contribution in [2.75, 3.05) is 13.1 Å². The van der Waals surface area contributed by atoms with Crippen molar-refractivity contribution < 1.29 is 9.21 Å². The fourth-order valence-corrected chi connectivity index (χ4v) is 3.55. The van der Waals surface area contributed by atoms with Gasteiger partial charge in [-0.05, 0) is 43.7 Å². The third-order valence-electron chi connectivity index (χ3n) is 4.83. The number of aryl methyl sites for hydroxylation is 1. The zero-order chi connectivity index (χ0) is 18.6. The van der Waals surface area contributed by atoms with Crippen LogP contribution in [0.15, 0.2) is 53.3 Å². The van der Waals surface area contributed by atoms with E-state index in [0.29, 0.717) is 12.1 Å². The van der Waals surface area contributed by atoms with Crippen LogP contribution in [0.4, 0.5) is 0 Å². The number of fused-ring (bicyclic) bond motifs is 1. The normalized spacial score (nSPS) is 16.9. The number of pyridine rings is 1. The molecule has 7 nitrogen and oxygen atoms in total. The highest BCUT2D eigenvalue weighted by Crippen LogP contribution is 2.24. The highest BCUT2D eigenvalue weighted by molar-refractivity contribution is 5.93. The first-order chi connectivity index (χ1) is 13.2. The Labute approximate surface area is 158 Å². The van der Waals surface area contributed by atoms with Crippen LogP contribution < -0.4 is 5.32 Å². The van der Waals surface area contributed by atoms with E-state index in [1.54, 1.807) is 24.5 Å². The fraction of sp³-hybridized carbons (Fsp3) is 0.350. The van der Waals surface area contributed by atoms with E-state index < -0.39 is 0 Å². The van der Waals surface area contributed by atoms with Crippen molar-refractivity contribution in [3.63, 3.8) is 0 Å². The first-order valence-electron chi connectivity index (χ1n) is 9.17. The topological polar surface area (TPSA) is 76.2 Å². The minimum absolute atomic E-state index is 0.0724. The van der Waals surface area contributed by atoms with Gasteiger partial charge in [-0.3, -0.25) is 19.4 Å². The first-order valence-corrected chi connectivity index (χ1v) is 9.17. The molecule has 0 aliphatic carbocycles. The molecule has 4 heterocycles. The first kappa shape index (κ1) is 17.5. The highest BCUT2D eigenvalue weighted by Gasteiger charge is 2.26. The number of furan rings is 1. The van der Waals surface area contributed by atoms with Crippen LogP contribution in [-0.2, 0) is 13.1 Å². The largest absolute Gasteiger partial charge is 0.465 e. The molecular formula is C20H23N5O2. The third kappa shape index (κ3) is 4.09. The molecule has 4 rings (SSSR count). The van der Waals surface area contributed by atoms with Gasteiger partial charge in [0.15, 0.2) is 0 Å². The Morgan fingerprint density at radius 2 is 2.07 bits per heavy atom. The maximum atomic E-state index is 12.2. The minimum atomic E-state index is -0.0724. The van der Waals surface area contributed by atoms with Gasteiger partial charge in [-0.1, -0.05) is 0 Å². The van der Waals surface area contributed by atoms with Crippen LogP contribution in [0.3, 0.4) is 0 Å². The average molecular weight is 365 g/mol. The number of carbonyl (C=O) groups excluding carboxylic acids is 1. The molecular weight excluding hydrogens is 342 g/mol. The van der Waals surface area contributed by atoms with E-state index in [1.165, 1.54) is 5.69 Å². The van der Waals surface area contributed by atoms with Gasteiger partial charge < -0.3 is 9.73 Å². The molecule has 0 aromatic carbocycles. The molecule has 27 heavy (non-hydrogen) atoms. The molecule has 1 aliphatic heterocycles. The van der Waals surface area contributed by atoms with Crippen molar-refractivity contribution in [1.82, 2.24) is 25.0 Å². The summed E-state index contributed by atoms with van der Waals surface area (Å²) in [5, 5.41) is 7.48. The summed E-state index contributed by atoms with van der Waals surface area (Å²) in [7, 11) is 0. The fourth-order valence-electron chi connectivity index (χ4n) is 3.55. The molecule has 140 valence electrons. The number of amides is 1. The van der Waals surface area contributed by atoms with Crippen molar-refractivity contribution in [3.05, 3.63) is 71.7 Å². The molecule has 0 saturated heterocycles. The highest BCUT2D eigenvalue weighted by atomic mass is 16.3. The summed E-state index contributed by atoms with van der Waals surface area (Å²) in [5.41, 5.74) is 1.82. The lowest BCUT2D eigenvalue weighted by Crippen LogP contribution is -2.38. The zero-order valence-electron chi connectivity index (χ0n) is 15.3. The number of hydrogen-bond donors (Lipinski definition) is 1. The molecule has 3 aromatic rings. The van der Waals surface area contributed by atoms with Gasteiger partial charge in [0, 0.05) is 43.8 Å². The Kier molecular flexibility index (Phi) is 5.02. The van der Waals surface area contributed by atoms with Crippen LogP contribution in [0.5, 0.6) is 0 Å². The van der Waals surface area contributed by atoms with E-state index in [1.807, 2.05) is 25.3 Å². The van der Waals surface area contributed by atoms with E-state index >= 15 is 0 Å². The summed E-state index contributed by atoms with van der Waals surface area (Å²) < 4.78 is 7.81. The maximum Gasteiger partial charge on any atom is 0.251 e. The van der Waals surface area contributed by atoms with Gasteiger partial charge in [-0.25, -0.2) is 0 Å². The second kappa shape index (κ2) is 7.75. The molecule has 1 atom stereocenters. The van der Waals surface area contributed by atoms with E-state index in [2.05, 4.69) is 31.0 Å². The van der Waals surface area contributed by atoms with Gasteiger partial charge in [0.25, 0.3) is 5.91 Å². The lowest BCUT2D eigenvalue weighted by Gasteiger charge is -2.33. The number of rotatable bonds is 6. The Morgan fingerprint density at radius 1 is 1.22 bits per heavy atom. The van der Waals surface area contributed by atoms with E-state index in [0.717, 1.165) is 37.6 Å². The van der Waals surface area contributed by atoms with Gasteiger partial charge in [0.05, 0.1) is 18.3 Å². The lowest BCUT2D eigenvalue weighted by atomic mass is 10.1. The second-order valence-corrected chi connectivity index (χ2v) is 6.88. The van der Waals surface area contributed by atoms with Crippen molar-refractivity contribution in [1.29, 1.82) is 0 Å². The van der Waals surface area contributed by atoms with Gasteiger partial charge >= 0.3 is 0 Å².